The average Bonchev–Trinajstić information content (AvgIpc) is 2.28. The number of benzene rings is 1. The number of carbonyl (C=O) groups excluding carboxylic acids is 1. The SMILES string of the molecule is CC(C)(C)OC(=O)NC(CC(=O)O)c1cc(Cl)ccc1Br. The zero-order valence-corrected chi connectivity index (χ0v) is 14.3. The lowest BCUT2D eigenvalue weighted by molar-refractivity contribution is -0.137. The van der Waals surface area contributed by atoms with Crippen molar-refractivity contribution in [3.63, 3.8) is 0 Å². The molecule has 0 aliphatic heterocycles. The molecule has 1 unspecified atom stereocenters. The molecular weight excluding hydrogens is 362 g/mol. The lowest BCUT2D eigenvalue weighted by Gasteiger charge is -2.23. The molecule has 1 amide bonds. The molecule has 0 fully saturated rings. The van der Waals surface area contributed by atoms with Crippen LogP contribution in [0.4, 0.5) is 4.79 Å². The molecule has 0 bridgehead atoms. The van der Waals surface area contributed by atoms with E-state index in [0.717, 1.165) is 0 Å². The summed E-state index contributed by atoms with van der Waals surface area (Å²) in [6, 6.07) is 4.23. The van der Waals surface area contributed by atoms with Gasteiger partial charge in [-0.1, -0.05) is 27.5 Å². The van der Waals surface area contributed by atoms with E-state index >= 15 is 0 Å². The van der Waals surface area contributed by atoms with Gasteiger partial charge >= 0.3 is 12.1 Å². The number of carboxylic acid groups (broad SMARTS) is 1. The molecule has 0 saturated carbocycles. The molecule has 7 heteroatoms. The van der Waals surface area contributed by atoms with Gasteiger partial charge in [-0.25, -0.2) is 4.79 Å². The van der Waals surface area contributed by atoms with Crippen molar-refractivity contribution in [2.75, 3.05) is 0 Å². The van der Waals surface area contributed by atoms with Gasteiger partial charge < -0.3 is 15.2 Å². The normalized spacial score (nSPS) is 12.6. The molecule has 21 heavy (non-hydrogen) atoms. The number of ether oxygens (including phenoxy) is 1. The van der Waals surface area contributed by atoms with Gasteiger partial charge in [0.2, 0.25) is 0 Å². The molecule has 1 atom stereocenters. The van der Waals surface area contributed by atoms with E-state index in [-0.39, 0.29) is 6.42 Å². The molecule has 0 heterocycles. The maximum absolute atomic E-state index is 11.8. The fourth-order valence-corrected chi connectivity index (χ4v) is 2.35. The summed E-state index contributed by atoms with van der Waals surface area (Å²) in [6.07, 6.45) is -0.960. The summed E-state index contributed by atoms with van der Waals surface area (Å²) in [7, 11) is 0. The zero-order valence-electron chi connectivity index (χ0n) is 11.9. The van der Waals surface area contributed by atoms with Crippen LogP contribution in [0.1, 0.15) is 38.8 Å². The van der Waals surface area contributed by atoms with Crippen molar-refractivity contribution >= 4 is 39.6 Å². The van der Waals surface area contributed by atoms with Crippen LogP contribution in [0.25, 0.3) is 0 Å². The third kappa shape index (κ3) is 6.35. The van der Waals surface area contributed by atoms with Crippen LogP contribution in [-0.2, 0) is 9.53 Å². The summed E-state index contributed by atoms with van der Waals surface area (Å²) in [6.45, 7) is 5.19. The Bertz CT molecular complexity index is 542. The molecule has 0 aromatic heterocycles. The van der Waals surface area contributed by atoms with Gasteiger partial charge in [0.25, 0.3) is 0 Å². The van der Waals surface area contributed by atoms with Crippen molar-refractivity contribution in [3.8, 4) is 0 Å². The number of hydrogen-bond donors (Lipinski definition) is 2. The van der Waals surface area contributed by atoms with Gasteiger partial charge in [0, 0.05) is 9.50 Å². The van der Waals surface area contributed by atoms with Crippen molar-refractivity contribution in [1.29, 1.82) is 0 Å². The van der Waals surface area contributed by atoms with Crippen LogP contribution in [0.3, 0.4) is 0 Å². The maximum atomic E-state index is 11.8. The third-order valence-corrected chi connectivity index (χ3v) is 3.36. The third-order valence-electron chi connectivity index (χ3n) is 2.40. The Hall–Kier alpha value is -1.27. The first-order chi connectivity index (χ1) is 9.58. The maximum Gasteiger partial charge on any atom is 0.408 e. The van der Waals surface area contributed by atoms with Gasteiger partial charge in [-0.15, -0.1) is 0 Å². The average molecular weight is 379 g/mol. The van der Waals surface area contributed by atoms with Crippen LogP contribution in [0.15, 0.2) is 22.7 Å². The van der Waals surface area contributed by atoms with E-state index in [9.17, 15) is 9.59 Å². The van der Waals surface area contributed by atoms with Gasteiger partial charge in [0.05, 0.1) is 12.5 Å². The highest BCUT2D eigenvalue weighted by molar-refractivity contribution is 9.10. The highest BCUT2D eigenvalue weighted by Crippen LogP contribution is 2.29. The van der Waals surface area contributed by atoms with E-state index < -0.39 is 23.7 Å². The number of halogens is 2. The molecule has 1 aromatic rings. The number of alkyl carbamates (subject to hydrolysis) is 1. The standard InChI is InChI=1S/C14H17BrClNO4/c1-14(2,3)21-13(20)17-11(7-12(18)19)9-6-8(16)4-5-10(9)15/h4-6,11H,7H2,1-3H3,(H,17,20)(H,18,19). The van der Waals surface area contributed by atoms with Crippen LogP contribution in [-0.4, -0.2) is 22.8 Å². The highest BCUT2D eigenvalue weighted by atomic mass is 79.9. The Labute approximate surface area is 136 Å². The fourth-order valence-electron chi connectivity index (χ4n) is 1.64. The Morgan fingerprint density at radius 3 is 2.57 bits per heavy atom. The van der Waals surface area contributed by atoms with Gasteiger partial charge in [-0.2, -0.15) is 0 Å². The molecule has 1 aromatic carbocycles. The van der Waals surface area contributed by atoms with E-state index in [1.54, 1.807) is 39.0 Å². The molecule has 0 saturated heterocycles. The summed E-state index contributed by atoms with van der Waals surface area (Å²) in [4.78, 5) is 22.9. The van der Waals surface area contributed by atoms with Crippen molar-refractivity contribution in [3.05, 3.63) is 33.3 Å². The predicted octanol–water partition coefficient (Wildman–Crippen LogP) is 4.14. The Balaban J connectivity index is 2.98. The molecule has 0 aliphatic rings. The van der Waals surface area contributed by atoms with E-state index in [4.69, 9.17) is 21.4 Å². The van der Waals surface area contributed by atoms with Crippen LogP contribution >= 0.6 is 27.5 Å². The topological polar surface area (TPSA) is 75.6 Å². The number of rotatable bonds is 4. The second-order valence-electron chi connectivity index (χ2n) is 5.46. The Morgan fingerprint density at radius 1 is 1.43 bits per heavy atom. The van der Waals surface area contributed by atoms with Gasteiger partial charge in [-0.3, -0.25) is 4.79 Å². The number of nitrogens with one attached hydrogen (secondary N) is 1. The molecule has 116 valence electrons. The molecule has 0 radical (unpaired) electrons. The quantitative estimate of drug-likeness (QED) is 0.825. The monoisotopic (exact) mass is 377 g/mol. The first-order valence-electron chi connectivity index (χ1n) is 6.25. The fraction of sp³-hybridized carbons (Fsp3) is 0.429. The van der Waals surface area contributed by atoms with Gasteiger partial charge in [0.15, 0.2) is 0 Å². The Kier molecular flexibility index (Phi) is 6.04. The summed E-state index contributed by atoms with van der Waals surface area (Å²) >= 11 is 9.26. The van der Waals surface area contributed by atoms with E-state index in [1.807, 2.05) is 0 Å². The van der Waals surface area contributed by atoms with Crippen molar-refractivity contribution in [2.24, 2.45) is 0 Å². The van der Waals surface area contributed by atoms with Crippen LogP contribution in [0.2, 0.25) is 5.02 Å². The number of hydrogen-bond acceptors (Lipinski definition) is 3. The first-order valence-corrected chi connectivity index (χ1v) is 7.42. The molecule has 0 spiro atoms. The number of carbonyl (C=O) groups is 2. The Morgan fingerprint density at radius 2 is 2.05 bits per heavy atom. The van der Waals surface area contributed by atoms with E-state index in [1.165, 1.54) is 0 Å². The lowest BCUT2D eigenvalue weighted by atomic mass is 10.0. The first kappa shape index (κ1) is 17.8. The molecular formula is C14H17BrClNO4. The molecule has 1 rings (SSSR count). The lowest BCUT2D eigenvalue weighted by Crippen LogP contribution is -2.36. The summed E-state index contributed by atoms with van der Waals surface area (Å²) < 4.78 is 5.81. The smallest absolute Gasteiger partial charge is 0.408 e. The minimum atomic E-state index is -1.04. The number of aliphatic carboxylic acids is 1. The summed E-state index contributed by atoms with van der Waals surface area (Å²) in [5, 5.41) is 12.0. The number of amides is 1. The molecule has 2 N–H and O–H groups in total. The molecule has 0 aliphatic carbocycles. The van der Waals surface area contributed by atoms with Crippen LogP contribution < -0.4 is 5.32 Å². The van der Waals surface area contributed by atoms with E-state index in [2.05, 4.69) is 21.2 Å². The highest BCUT2D eigenvalue weighted by Gasteiger charge is 2.24. The van der Waals surface area contributed by atoms with Crippen molar-refractivity contribution in [1.82, 2.24) is 5.32 Å². The van der Waals surface area contributed by atoms with Gasteiger partial charge in [0.1, 0.15) is 5.60 Å². The molecule has 5 nitrogen and oxygen atoms in total. The van der Waals surface area contributed by atoms with Crippen molar-refractivity contribution < 1.29 is 19.4 Å². The van der Waals surface area contributed by atoms with Gasteiger partial charge in [-0.05, 0) is 44.5 Å². The zero-order chi connectivity index (χ0) is 16.2. The minimum Gasteiger partial charge on any atom is -0.481 e. The predicted molar refractivity (Wildman–Crippen MR) is 83.5 cm³/mol. The summed E-state index contributed by atoms with van der Waals surface area (Å²) in [5.41, 5.74) is -0.0839. The van der Waals surface area contributed by atoms with Crippen LogP contribution in [0.5, 0.6) is 0 Å². The van der Waals surface area contributed by atoms with Crippen LogP contribution in [0, 0.1) is 0 Å². The second-order valence-corrected chi connectivity index (χ2v) is 6.75. The summed E-state index contributed by atoms with van der Waals surface area (Å²) in [5.74, 6) is -1.04. The largest absolute Gasteiger partial charge is 0.481 e. The van der Waals surface area contributed by atoms with Crippen molar-refractivity contribution in [2.45, 2.75) is 38.8 Å². The minimum absolute atomic E-state index is 0.280. The second kappa shape index (κ2) is 7.13. The number of carboxylic acids is 1. The van der Waals surface area contributed by atoms with E-state index in [0.29, 0.717) is 15.1 Å².